The Bertz CT molecular complexity index is 783. The average Bonchev–Trinajstić information content (AvgIpc) is 2.68. The van der Waals surface area contributed by atoms with Crippen LogP contribution >= 0.6 is 0 Å². The van der Waals surface area contributed by atoms with E-state index >= 15 is 0 Å². The second-order valence-electron chi connectivity index (χ2n) is 6.54. The Balaban J connectivity index is 1.57. The maximum Gasteiger partial charge on any atom is 0.161 e. The summed E-state index contributed by atoms with van der Waals surface area (Å²) in [5.41, 5.74) is 2.13. The van der Waals surface area contributed by atoms with Crippen LogP contribution in [-0.4, -0.2) is 54.9 Å². The van der Waals surface area contributed by atoms with Gasteiger partial charge in [-0.05, 0) is 24.6 Å². The Hall–Kier alpha value is -2.38. The molecule has 138 valence electrons. The van der Waals surface area contributed by atoms with E-state index < -0.39 is 0 Å². The topological polar surface area (TPSA) is 68.7 Å². The molecule has 0 bridgehead atoms. The molecule has 4 rings (SSSR count). The zero-order valence-electron chi connectivity index (χ0n) is 15.2. The zero-order valence-corrected chi connectivity index (χ0v) is 15.2. The van der Waals surface area contributed by atoms with E-state index in [1.807, 2.05) is 26.1 Å². The van der Waals surface area contributed by atoms with E-state index in [4.69, 9.17) is 14.2 Å². The van der Waals surface area contributed by atoms with Crippen molar-refractivity contribution in [3.05, 3.63) is 41.3 Å². The molecule has 1 aromatic heterocycles. The normalized spacial score (nSPS) is 20.0. The molecule has 7 heteroatoms. The number of benzene rings is 1. The molecule has 1 N–H and O–H groups in total. The van der Waals surface area contributed by atoms with Crippen molar-refractivity contribution >= 4 is 5.82 Å². The molecule has 1 aromatic carbocycles. The van der Waals surface area contributed by atoms with Gasteiger partial charge >= 0.3 is 0 Å². The Morgan fingerprint density at radius 2 is 1.96 bits per heavy atom. The van der Waals surface area contributed by atoms with Crippen LogP contribution in [0.5, 0.6) is 11.5 Å². The third-order valence-electron chi connectivity index (χ3n) is 4.66. The van der Waals surface area contributed by atoms with Crippen LogP contribution in [0, 0.1) is 6.92 Å². The largest absolute Gasteiger partial charge is 0.486 e. The molecule has 0 amide bonds. The number of aromatic nitrogens is 2. The third-order valence-corrected chi connectivity index (χ3v) is 4.66. The first kappa shape index (κ1) is 17.1. The minimum Gasteiger partial charge on any atom is -0.486 e. The fourth-order valence-electron chi connectivity index (χ4n) is 3.35. The highest BCUT2D eigenvalue weighted by molar-refractivity contribution is 5.44. The summed E-state index contributed by atoms with van der Waals surface area (Å²) in [7, 11) is 1.87. The highest BCUT2D eigenvalue weighted by Gasteiger charge is 2.28. The number of hydrogen-bond donors (Lipinski definition) is 1. The van der Waals surface area contributed by atoms with E-state index in [1.54, 1.807) is 0 Å². The highest BCUT2D eigenvalue weighted by atomic mass is 16.6. The number of nitrogens with one attached hydrogen (secondary N) is 1. The van der Waals surface area contributed by atoms with Gasteiger partial charge in [0.05, 0.1) is 19.3 Å². The number of nitrogens with zero attached hydrogens (tertiary/aromatic N) is 3. The minimum absolute atomic E-state index is 0.0314. The van der Waals surface area contributed by atoms with Gasteiger partial charge in [-0.3, -0.25) is 4.90 Å². The van der Waals surface area contributed by atoms with Gasteiger partial charge < -0.3 is 19.5 Å². The number of hydrogen-bond acceptors (Lipinski definition) is 7. The zero-order chi connectivity index (χ0) is 17.9. The maximum atomic E-state index is 5.72. The van der Waals surface area contributed by atoms with Gasteiger partial charge in [-0.25, -0.2) is 9.97 Å². The van der Waals surface area contributed by atoms with Crippen molar-refractivity contribution in [2.45, 2.75) is 19.5 Å². The van der Waals surface area contributed by atoms with E-state index in [0.29, 0.717) is 26.4 Å². The molecule has 2 aliphatic heterocycles. The molecule has 0 saturated carbocycles. The predicted molar refractivity (Wildman–Crippen MR) is 97.7 cm³/mol. The van der Waals surface area contributed by atoms with Crippen LogP contribution in [0.25, 0.3) is 0 Å². The number of aryl methyl sites for hydroxylation is 1. The molecule has 0 unspecified atom stereocenters. The van der Waals surface area contributed by atoms with Crippen molar-refractivity contribution in [3.63, 3.8) is 0 Å². The molecule has 1 fully saturated rings. The summed E-state index contributed by atoms with van der Waals surface area (Å²) in [6.07, 6.45) is 0. The standard InChI is InChI=1S/C19H24N4O3/c1-13-9-18(20-2)22-19(21-13)15-12-24-6-5-23(15)11-14-3-4-16-17(10-14)26-8-7-25-16/h3-4,9-10,15H,5-8,11-12H2,1-2H3,(H,20,21,22)/t15-/m1/s1. The molecule has 1 saturated heterocycles. The van der Waals surface area contributed by atoms with Crippen molar-refractivity contribution in [2.24, 2.45) is 0 Å². The van der Waals surface area contributed by atoms with Crippen molar-refractivity contribution in [3.8, 4) is 11.5 Å². The highest BCUT2D eigenvalue weighted by Crippen LogP contribution is 2.32. The lowest BCUT2D eigenvalue weighted by Crippen LogP contribution is -2.40. The summed E-state index contributed by atoms with van der Waals surface area (Å²) < 4.78 is 17.0. The Morgan fingerprint density at radius 3 is 2.81 bits per heavy atom. The molecule has 7 nitrogen and oxygen atoms in total. The van der Waals surface area contributed by atoms with Crippen LogP contribution in [0.15, 0.2) is 24.3 Å². The molecule has 2 aliphatic rings. The van der Waals surface area contributed by atoms with Crippen LogP contribution in [-0.2, 0) is 11.3 Å². The SMILES string of the molecule is CNc1cc(C)nc([C@H]2COCCN2Cc2ccc3c(c2)OCCO3)n1. The molecular formula is C19H24N4O3. The summed E-state index contributed by atoms with van der Waals surface area (Å²) in [5, 5.41) is 3.11. The second kappa shape index (κ2) is 7.47. The van der Waals surface area contributed by atoms with E-state index in [9.17, 15) is 0 Å². The first-order valence-electron chi connectivity index (χ1n) is 8.96. The van der Waals surface area contributed by atoms with Crippen molar-refractivity contribution in [1.82, 2.24) is 14.9 Å². The maximum absolute atomic E-state index is 5.72. The van der Waals surface area contributed by atoms with Crippen LogP contribution in [0.3, 0.4) is 0 Å². The van der Waals surface area contributed by atoms with Crippen molar-refractivity contribution in [2.75, 3.05) is 45.3 Å². The van der Waals surface area contributed by atoms with Crippen LogP contribution < -0.4 is 14.8 Å². The first-order valence-corrected chi connectivity index (χ1v) is 8.96. The lowest BCUT2D eigenvalue weighted by Gasteiger charge is -2.35. The monoisotopic (exact) mass is 356 g/mol. The summed E-state index contributed by atoms with van der Waals surface area (Å²) in [4.78, 5) is 11.7. The Morgan fingerprint density at radius 1 is 1.12 bits per heavy atom. The van der Waals surface area contributed by atoms with Gasteiger partial charge in [0.15, 0.2) is 11.5 Å². The van der Waals surface area contributed by atoms with Gasteiger partial charge in [0, 0.05) is 31.9 Å². The lowest BCUT2D eigenvalue weighted by atomic mass is 10.1. The molecule has 0 spiro atoms. The molecule has 26 heavy (non-hydrogen) atoms. The van der Waals surface area contributed by atoms with E-state index in [0.717, 1.165) is 41.9 Å². The number of fused-ring (bicyclic) bond motifs is 1. The van der Waals surface area contributed by atoms with Gasteiger partial charge in [-0.2, -0.15) is 0 Å². The van der Waals surface area contributed by atoms with E-state index in [1.165, 1.54) is 5.56 Å². The van der Waals surface area contributed by atoms with Crippen LogP contribution in [0.2, 0.25) is 0 Å². The molecular weight excluding hydrogens is 332 g/mol. The van der Waals surface area contributed by atoms with Gasteiger partial charge in [0.2, 0.25) is 0 Å². The van der Waals surface area contributed by atoms with Gasteiger partial charge in [0.25, 0.3) is 0 Å². The summed E-state index contributed by atoms with van der Waals surface area (Å²) in [6.45, 7) is 6.13. The van der Waals surface area contributed by atoms with Crippen LogP contribution in [0.4, 0.5) is 5.82 Å². The molecule has 2 aromatic rings. The van der Waals surface area contributed by atoms with E-state index in [-0.39, 0.29) is 6.04 Å². The molecule has 3 heterocycles. The smallest absolute Gasteiger partial charge is 0.161 e. The Labute approximate surface area is 153 Å². The van der Waals surface area contributed by atoms with Gasteiger partial charge in [-0.15, -0.1) is 0 Å². The number of rotatable bonds is 4. The molecule has 1 atom stereocenters. The Kier molecular flexibility index (Phi) is 4.90. The average molecular weight is 356 g/mol. The number of anilines is 1. The first-order chi connectivity index (χ1) is 12.7. The van der Waals surface area contributed by atoms with E-state index in [2.05, 4.69) is 32.3 Å². The van der Waals surface area contributed by atoms with Crippen molar-refractivity contribution < 1.29 is 14.2 Å². The number of morpholine rings is 1. The van der Waals surface area contributed by atoms with Crippen molar-refractivity contribution in [1.29, 1.82) is 0 Å². The quantitative estimate of drug-likeness (QED) is 0.900. The summed E-state index contributed by atoms with van der Waals surface area (Å²) >= 11 is 0. The van der Waals surface area contributed by atoms with Crippen LogP contribution in [0.1, 0.15) is 23.1 Å². The predicted octanol–water partition coefficient (Wildman–Crippen LogP) is 2.17. The second-order valence-corrected chi connectivity index (χ2v) is 6.54. The lowest BCUT2D eigenvalue weighted by molar-refractivity contribution is -0.0159. The summed E-state index contributed by atoms with van der Waals surface area (Å²) in [6, 6.07) is 8.12. The minimum atomic E-state index is 0.0314. The fourth-order valence-corrected chi connectivity index (χ4v) is 3.35. The molecule has 0 aliphatic carbocycles. The summed E-state index contributed by atoms with van der Waals surface area (Å²) in [5.74, 6) is 3.27. The molecule has 0 radical (unpaired) electrons. The van der Waals surface area contributed by atoms with Gasteiger partial charge in [0.1, 0.15) is 24.9 Å². The third kappa shape index (κ3) is 3.59. The van der Waals surface area contributed by atoms with Gasteiger partial charge in [-0.1, -0.05) is 6.07 Å². The number of ether oxygens (including phenoxy) is 3. The fraction of sp³-hybridized carbons (Fsp3) is 0.474.